The highest BCUT2D eigenvalue weighted by Gasteiger charge is 2.30. The van der Waals surface area contributed by atoms with Crippen LogP contribution in [0.2, 0.25) is 0 Å². The molecule has 1 fully saturated rings. The number of nitriles is 1. The van der Waals surface area contributed by atoms with E-state index in [-0.39, 0.29) is 17.7 Å². The Labute approximate surface area is 209 Å². The molecule has 0 saturated heterocycles. The molecule has 1 aliphatic rings. The van der Waals surface area contributed by atoms with Gasteiger partial charge < -0.3 is 20.1 Å². The molecule has 9 nitrogen and oxygen atoms in total. The van der Waals surface area contributed by atoms with Crippen molar-refractivity contribution in [3.8, 4) is 23.1 Å². The minimum Gasteiger partial charge on any atom is -0.496 e. The lowest BCUT2D eigenvalue weighted by molar-refractivity contribution is -0.117. The summed E-state index contributed by atoms with van der Waals surface area (Å²) in [6, 6.07) is 14.6. The van der Waals surface area contributed by atoms with E-state index in [0.717, 1.165) is 24.0 Å². The minimum atomic E-state index is -0.237. The number of nitrogens with zero attached hydrogens (tertiary/aromatic N) is 3. The molecule has 0 unspecified atom stereocenters. The van der Waals surface area contributed by atoms with E-state index < -0.39 is 0 Å². The second-order valence-electron chi connectivity index (χ2n) is 8.45. The standard InChI is InChI=1S/C27H27N5O4/c1-35-12-11-30-27(34)21-7-3-17(13-24(21)36-2)14-25-29-10-9-23(31-25)19-6-8-22(20(15-19)16-28)32-26(33)18-4-5-18/h3,6-10,13,15,18H,4-5,11-12,14H2,1-2H3,(H,30,34)(H,32,33). The fourth-order valence-corrected chi connectivity index (χ4v) is 3.71. The van der Waals surface area contributed by atoms with Crippen molar-refractivity contribution in [2.24, 2.45) is 5.92 Å². The highest BCUT2D eigenvalue weighted by atomic mass is 16.5. The van der Waals surface area contributed by atoms with Gasteiger partial charge in [0.05, 0.1) is 36.2 Å². The number of carbonyl (C=O) groups is 2. The lowest BCUT2D eigenvalue weighted by atomic mass is 10.0. The molecular weight excluding hydrogens is 458 g/mol. The Morgan fingerprint density at radius 2 is 1.97 bits per heavy atom. The summed E-state index contributed by atoms with van der Waals surface area (Å²) in [7, 11) is 3.09. The lowest BCUT2D eigenvalue weighted by Crippen LogP contribution is -2.27. The molecule has 4 rings (SSSR count). The highest BCUT2D eigenvalue weighted by Crippen LogP contribution is 2.31. The summed E-state index contributed by atoms with van der Waals surface area (Å²) in [5, 5.41) is 15.2. The van der Waals surface area contributed by atoms with Gasteiger partial charge in [0.1, 0.15) is 17.6 Å². The zero-order valence-electron chi connectivity index (χ0n) is 20.2. The summed E-state index contributed by atoms with van der Waals surface area (Å²) >= 11 is 0. The maximum atomic E-state index is 12.4. The molecule has 1 saturated carbocycles. The number of anilines is 1. The van der Waals surface area contributed by atoms with E-state index >= 15 is 0 Å². The summed E-state index contributed by atoms with van der Waals surface area (Å²) in [5.74, 6) is 0.812. The Balaban J connectivity index is 1.50. The van der Waals surface area contributed by atoms with Crippen molar-refractivity contribution in [1.29, 1.82) is 5.26 Å². The zero-order valence-corrected chi connectivity index (χ0v) is 20.2. The van der Waals surface area contributed by atoms with Crippen molar-refractivity contribution >= 4 is 17.5 Å². The molecular formula is C27H27N5O4. The van der Waals surface area contributed by atoms with Gasteiger partial charge in [0, 0.05) is 37.8 Å². The molecule has 9 heteroatoms. The summed E-state index contributed by atoms with van der Waals surface area (Å²) in [6.07, 6.45) is 3.88. The largest absolute Gasteiger partial charge is 0.496 e. The SMILES string of the molecule is COCCNC(=O)c1ccc(Cc2nccc(-c3ccc(NC(=O)C4CC4)c(C#N)c3)n2)cc1OC. The van der Waals surface area contributed by atoms with E-state index in [1.165, 1.54) is 7.11 Å². The molecule has 2 amide bonds. The first-order valence-corrected chi connectivity index (χ1v) is 11.6. The van der Waals surface area contributed by atoms with E-state index in [1.54, 1.807) is 43.6 Å². The molecule has 0 aliphatic heterocycles. The van der Waals surface area contributed by atoms with Crippen molar-refractivity contribution in [3.05, 3.63) is 71.2 Å². The van der Waals surface area contributed by atoms with Gasteiger partial charge in [-0.2, -0.15) is 5.26 Å². The summed E-state index contributed by atoms with van der Waals surface area (Å²) in [5.41, 5.74) is 3.62. The second-order valence-corrected chi connectivity index (χ2v) is 8.45. The molecule has 1 aliphatic carbocycles. The first kappa shape index (κ1) is 24.8. The van der Waals surface area contributed by atoms with Crippen LogP contribution >= 0.6 is 0 Å². The maximum Gasteiger partial charge on any atom is 0.255 e. The third-order valence-electron chi connectivity index (χ3n) is 5.81. The van der Waals surface area contributed by atoms with E-state index in [4.69, 9.17) is 9.47 Å². The number of amides is 2. The topological polar surface area (TPSA) is 126 Å². The van der Waals surface area contributed by atoms with Crippen LogP contribution in [0, 0.1) is 17.2 Å². The van der Waals surface area contributed by atoms with Gasteiger partial charge in [-0.15, -0.1) is 0 Å². The van der Waals surface area contributed by atoms with Crippen molar-refractivity contribution in [3.63, 3.8) is 0 Å². The number of methoxy groups -OCH3 is 2. The quantitative estimate of drug-likeness (QED) is 0.422. The molecule has 0 radical (unpaired) electrons. The first-order valence-electron chi connectivity index (χ1n) is 11.6. The van der Waals surface area contributed by atoms with Crippen LogP contribution in [-0.2, 0) is 16.0 Å². The van der Waals surface area contributed by atoms with Crippen molar-refractivity contribution in [2.75, 3.05) is 32.7 Å². The van der Waals surface area contributed by atoms with Gasteiger partial charge in [-0.25, -0.2) is 9.97 Å². The van der Waals surface area contributed by atoms with E-state index in [2.05, 4.69) is 26.7 Å². The molecule has 36 heavy (non-hydrogen) atoms. The number of ether oxygens (including phenoxy) is 2. The molecule has 2 aromatic carbocycles. The molecule has 1 aromatic heterocycles. The smallest absolute Gasteiger partial charge is 0.255 e. The normalized spacial score (nSPS) is 12.5. The van der Waals surface area contributed by atoms with Crippen LogP contribution in [0.4, 0.5) is 5.69 Å². The lowest BCUT2D eigenvalue weighted by Gasteiger charge is -2.11. The fraction of sp³-hybridized carbons (Fsp3) is 0.296. The van der Waals surface area contributed by atoms with Crippen LogP contribution in [0.25, 0.3) is 11.3 Å². The average Bonchev–Trinajstić information content (AvgIpc) is 3.75. The fourth-order valence-electron chi connectivity index (χ4n) is 3.71. The number of aromatic nitrogens is 2. The third-order valence-corrected chi connectivity index (χ3v) is 5.81. The van der Waals surface area contributed by atoms with E-state index in [0.29, 0.717) is 53.7 Å². The molecule has 0 atom stereocenters. The molecule has 2 N–H and O–H groups in total. The number of nitrogens with one attached hydrogen (secondary N) is 2. The van der Waals surface area contributed by atoms with Gasteiger partial charge in [-0.1, -0.05) is 12.1 Å². The number of hydrogen-bond donors (Lipinski definition) is 2. The number of carbonyl (C=O) groups excluding carboxylic acids is 2. The van der Waals surface area contributed by atoms with Crippen LogP contribution in [0.3, 0.4) is 0 Å². The van der Waals surface area contributed by atoms with E-state index in [1.807, 2.05) is 12.1 Å². The molecule has 0 bridgehead atoms. The van der Waals surface area contributed by atoms with Crippen LogP contribution < -0.4 is 15.4 Å². The van der Waals surface area contributed by atoms with Gasteiger partial charge in [-0.3, -0.25) is 9.59 Å². The predicted molar refractivity (Wildman–Crippen MR) is 134 cm³/mol. The summed E-state index contributed by atoms with van der Waals surface area (Å²) < 4.78 is 10.4. The predicted octanol–water partition coefficient (Wildman–Crippen LogP) is 3.34. The van der Waals surface area contributed by atoms with Crippen molar-refractivity contribution in [2.45, 2.75) is 19.3 Å². The average molecular weight is 486 g/mol. The van der Waals surface area contributed by atoms with Crippen molar-refractivity contribution < 1.29 is 19.1 Å². The first-order chi connectivity index (χ1) is 17.5. The van der Waals surface area contributed by atoms with Crippen LogP contribution in [-0.4, -0.2) is 49.2 Å². The van der Waals surface area contributed by atoms with Gasteiger partial charge in [0.15, 0.2) is 0 Å². The van der Waals surface area contributed by atoms with Crippen LogP contribution in [0.15, 0.2) is 48.7 Å². The molecule has 1 heterocycles. The van der Waals surface area contributed by atoms with Crippen LogP contribution in [0.1, 0.15) is 40.2 Å². The minimum absolute atomic E-state index is 0.0440. The summed E-state index contributed by atoms with van der Waals surface area (Å²) in [6.45, 7) is 0.829. The Hall–Kier alpha value is -4.29. The monoisotopic (exact) mass is 485 g/mol. The van der Waals surface area contributed by atoms with Gasteiger partial charge in [0.25, 0.3) is 5.91 Å². The van der Waals surface area contributed by atoms with Gasteiger partial charge >= 0.3 is 0 Å². The van der Waals surface area contributed by atoms with Crippen molar-refractivity contribution in [1.82, 2.24) is 15.3 Å². The molecule has 0 spiro atoms. The Morgan fingerprint density at radius 3 is 2.69 bits per heavy atom. The van der Waals surface area contributed by atoms with E-state index in [9.17, 15) is 14.9 Å². The Bertz CT molecular complexity index is 1310. The maximum absolute atomic E-state index is 12.4. The number of rotatable bonds is 10. The molecule has 3 aromatic rings. The van der Waals surface area contributed by atoms with Gasteiger partial charge in [-0.05, 0) is 48.7 Å². The number of hydrogen-bond acceptors (Lipinski definition) is 7. The summed E-state index contributed by atoms with van der Waals surface area (Å²) in [4.78, 5) is 33.6. The van der Waals surface area contributed by atoms with Gasteiger partial charge in [0.2, 0.25) is 5.91 Å². The third kappa shape index (κ3) is 6.03. The number of benzene rings is 2. The van der Waals surface area contributed by atoms with Crippen LogP contribution in [0.5, 0.6) is 5.75 Å². The Morgan fingerprint density at radius 1 is 1.14 bits per heavy atom. The zero-order chi connectivity index (χ0) is 25.5. The molecule has 184 valence electrons. The Kier molecular flexibility index (Phi) is 7.88. The second kappa shape index (κ2) is 11.4. The highest BCUT2D eigenvalue weighted by molar-refractivity contribution is 5.97.